The average Bonchev–Trinajstić information content (AvgIpc) is 3.12. The first kappa shape index (κ1) is 24.9. The topological polar surface area (TPSA) is 114 Å². The van der Waals surface area contributed by atoms with Gasteiger partial charge in [-0.15, -0.1) is 11.3 Å². The molecular formula is C22H25N3O5S3. The van der Waals surface area contributed by atoms with Gasteiger partial charge in [-0.1, -0.05) is 42.5 Å². The Morgan fingerprint density at radius 1 is 0.970 bits per heavy atom. The number of aromatic nitrogens is 1. The quantitative estimate of drug-likeness (QED) is 0.474. The third kappa shape index (κ3) is 7.11. The summed E-state index contributed by atoms with van der Waals surface area (Å²) >= 11 is 1.32. The fourth-order valence-corrected chi connectivity index (χ4v) is 5.15. The number of carbonyl (C=O) groups excluding carboxylic acids is 1. The standard InChI is InChI=1S/C22H25N3O5S3/c1-16-20(21(26)24-33(3,29)30)23-22(31-16)25(15-18-7-5-4-6-8-18)14-13-17-9-11-19(12-10-17)32(2,27)28/h4-12H,13-15H2,1-3H3,(H,24,26). The SMILES string of the molecule is Cc1sc(N(CCc2ccc(S(C)(=O)=O)cc2)Cc2ccccc2)nc1C(=O)NS(C)(=O)=O. The number of rotatable bonds is 9. The Kier molecular flexibility index (Phi) is 7.55. The van der Waals surface area contributed by atoms with E-state index in [0.717, 1.165) is 17.4 Å². The first-order valence-corrected chi connectivity index (χ1v) is 14.6. The van der Waals surface area contributed by atoms with Crippen LogP contribution < -0.4 is 9.62 Å². The summed E-state index contributed by atoms with van der Waals surface area (Å²) in [5, 5.41) is 0.600. The van der Waals surface area contributed by atoms with Crippen LogP contribution in [0.5, 0.6) is 0 Å². The van der Waals surface area contributed by atoms with E-state index in [1.165, 1.54) is 17.6 Å². The van der Waals surface area contributed by atoms with Gasteiger partial charge in [-0.05, 0) is 36.6 Å². The number of amides is 1. The number of carbonyl (C=O) groups is 1. The number of sulfonamides is 1. The molecule has 0 fully saturated rings. The molecule has 8 nitrogen and oxygen atoms in total. The van der Waals surface area contributed by atoms with Crippen LogP contribution >= 0.6 is 11.3 Å². The third-order valence-corrected chi connectivity index (χ3v) is 7.50. The van der Waals surface area contributed by atoms with E-state index in [-0.39, 0.29) is 10.6 Å². The van der Waals surface area contributed by atoms with Gasteiger partial charge in [0.1, 0.15) is 5.69 Å². The Labute approximate surface area is 198 Å². The highest BCUT2D eigenvalue weighted by Crippen LogP contribution is 2.27. The van der Waals surface area contributed by atoms with E-state index in [4.69, 9.17) is 0 Å². The minimum Gasteiger partial charge on any atom is -0.343 e. The van der Waals surface area contributed by atoms with Crippen molar-refractivity contribution in [3.63, 3.8) is 0 Å². The lowest BCUT2D eigenvalue weighted by Crippen LogP contribution is -2.30. The van der Waals surface area contributed by atoms with E-state index in [1.54, 1.807) is 31.2 Å². The van der Waals surface area contributed by atoms with Gasteiger partial charge >= 0.3 is 0 Å². The number of thiazole rings is 1. The molecule has 1 N–H and O–H groups in total. The molecule has 1 heterocycles. The second-order valence-corrected chi connectivity index (χ2v) is 12.6. The highest BCUT2D eigenvalue weighted by Gasteiger charge is 2.21. The van der Waals surface area contributed by atoms with Crippen LogP contribution in [0, 0.1) is 6.92 Å². The molecule has 3 rings (SSSR count). The zero-order chi connectivity index (χ0) is 24.2. The minimum absolute atomic E-state index is 0.0796. The van der Waals surface area contributed by atoms with Crippen LogP contribution in [0.4, 0.5) is 5.13 Å². The summed E-state index contributed by atoms with van der Waals surface area (Å²) in [6, 6.07) is 16.5. The molecule has 33 heavy (non-hydrogen) atoms. The highest BCUT2D eigenvalue weighted by atomic mass is 32.2. The molecule has 176 valence electrons. The average molecular weight is 508 g/mol. The van der Waals surface area contributed by atoms with E-state index in [9.17, 15) is 21.6 Å². The van der Waals surface area contributed by atoms with Crippen LogP contribution in [0.2, 0.25) is 0 Å². The van der Waals surface area contributed by atoms with Gasteiger partial charge in [0.25, 0.3) is 5.91 Å². The van der Waals surface area contributed by atoms with E-state index >= 15 is 0 Å². The van der Waals surface area contributed by atoms with Crippen LogP contribution in [0.3, 0.4) is 0 Å². The Morgan fingerprint density at radius 2 is 1.61 bits per heavy atom. The van der Waals surface area contributed by atoms with Crippen molar-refractivity contribution in [3.05, 3.63) is 76.3 Å². The number of nitrogens with zero attached hydrogens (tertiary/aromatic N) is 2. The van der Waals surface area contributed by atoms with Gasteiger partial charge in [0, 0.05) is 24.2 Å². The Hall–Kier alpha value is -2.76. The number of sulfone groups is 1. The molecule has 0 aliphatic carbocycles. The van der Waals surface area contributed by atoms with E-state index in [2.05, 4.69) is 4.98 Å². The van der Waals surface area contributed by atoms with Gasteiger partial charge in [-0.3, -0.25) is 4.79 Å². The maximum absolute atomic E-state index is 12.4. The molecule has 3 aromatic rings. The molecule has 0 saturated carbocycles. The monoisotopic (exact) mass is 507 g/mol. The van der Waals surface area contributed by atoms with Gasteiger partial charge in [-0.25, -0.2) is 26.5 Å². The number of hydrogen-bond donors (Lipinski definition) is 1. The molecule has 0 unspecified atom stereocenters. The Bertz CT molecular complexity index is 1330. The molecule has 0 bridgehead atoms. The van der Waals surface area contributed by atoms with Crippen LogP contribution in [-0.2, 0) is 32.8 Å². The van der Waals surface area contributed by atoms with Gasteiger partial charge in [0.15, 0.2) is 15.0 Å². The van der Waals surface area contributed by atoms with Gasteiger partial charge in [0.05, 0.1) is 11.2 Å². The van der Waals surface area contributed by atoms with Crippen molar-refractivity contribution in [1.82, 2.24) is 9.71 Å². The van der Waals surface area contributed by atoms with Crippen LogP contribution in [0.1, 0.15) is 26.5 Å². The van der Waals surface area contributed by atoms with Gasteiger partial charge in [-0.2, -0.15) is 0 Å². The summed E-state index contributed by atoms with van der Waals surface area (Å²) in [7, 11) is -6.96. The molecule has 1 aromatic heterocycles. The number of aryl methyl sites for hydroxylation is 1. The van der Waals surface area contributed by atoms with Crippen molar-refractivity contribution >= 4 is 42.2 Å². The third-order valence-electron chi connectivity index (χ3n) is 4.79. The summed E-state index contributed by atoms with van der Waals surface area (Å²) in [5.41, 5.74) is 2.10. The molecule has 0 aliphatic rings. The summed E-state index contributed by atoms with van der Waals surface area (Å²) in [5.74, 6) is -0.756. The second-order valence-electron chi connectivity index (χ2n) is 7.68. The summed E-state index contributed by atoms with van der Waals surface area (Å²) < 4.78 is 48.2. The molecule has 0 atom stereocenters. The molecule has 0 saturated heterocycles. The van der Waals surface area contributed by atoms with E-state index in [1.807, 2.05) is 40.0 Å². The predicted octanol–water partition coefficient (Wildman–Crippen LogP) is 2.79. The van der Waals surface area contributed by atoms with Crippen molar-refractivity contribution < 1.29 is 21.6 Å². The maximum atomic E-state index is 12.4. The predicted molar refractivity (Wildman–Crippen MR) is 130 cm³/mol. The summed E-state index contributed by atoms with van der Waals surface area (Å²) in [6.45, 7) is 2.83. The van der Waals surface area contributed by atoms with Crippen molar-refractivity contribution in [2.45, 2.75) is 24.8 Å². The highest BCUT2D eigenvalue weighted by molar-refractivity contribution is 7.90. The fraction of sp³-hybridized carbons (Fsp3) is 0.273. The largest absolute Gasteiger partial charge is 0.343 e. The maximum Gasteiger partial charge on any atom is 0.284 e. The first-order valence-electron chi connectivity index (χ1n) is 10.00. The van der Waals surface area contributed by atoms with Gasteiger partial charge < -0.3 is 4.90 Å². The zero-order valence-electron chi connectivity index (χ0n) is 18.5. The lowest BCUT2D eigenvalue weighted by Gasteiger charge is -2.22. The molecule has 0 radical (unpaired) electrons. The van der Waals surface area contributed by atoms with Gasteiger partial charge in [0.2, 0.25) is 10.0 Å². The molecule has 0 spiro atoms. The van der Waals surface area contributed by atoms with Crippen LogP contribution in [0.15, 0.2) is 59.5 Å². The van der Waals surface area contributed by atoms with Crippen molar-refractivity contribution in [2.75, 3.05) is 24.0 Å². The van der Waals surface area contributed by atoms with Crippen LogP contribution in [0.25, 0.3) is 0 Å². The number of benzene rings is 2. The zero-order valence-corrected chi connectivity index (χ0v) is 20.9. The fourth-order valence-electron chi connectivity index (χ4n) is 3.16. The number of anilines is 1. The van der Waals surface area contributed by atoms with E-state index in [0.29, 0.717) is 29.5 Å². The second kappa shape index (κ2) is 10.0. The van der Waals surface area contributed by atoms with Crippen LogP contribution in [-0.4, -0.2) is 46.8 Å². The number of nitrogens with one attached hydrogen (secondary N) is 1. The number of hydrogen-bond acceptors (Lipinski definition) is 8. The molecule has 11 heteroatoms. The Morgan fingerprint density at radius 3 is 2.18 bits per heavy atom. The lowest BCUT2D eigenvalue weighted by atomic mass is 10.1. The molecule has 2 aromatic carbocycles. The molecular weight excluding hydrogens is 482 g/mol. The molecule has 1 amide bonds. The van der Waals surface area contributed by atoms with Crippen molar-refractivity contribution in [1.29, 1.82) is 0 Å². The van der Waals surface area contributed by atoms with Crippen molar-refractivity contribution in [2.24, 2.45) is 0 Å². The lowest BCUT2D eigenvalue weighted by molar-refractivity contribution is 0.0977. The van der Waals surface area contributed by atoms with E-state index < -0.39 is 25.8 Å². The first-order chi connectivity index (χ1) is 15.4. The molecule has 0 aliphatic heterocycles. The minimum atomic E-state index is -3.70. The summed E-state index contributed by atoms with van der Waals surface area (Å²) in [4.78, 5) is 19.7. The van der Waals surface area contributed by atoms with Crippen molar-refractivity contribution in [3.8, 4) is 0 Å². The normalized spacial score (nSPS) is 11.8. The smallest absolute Gasteiger partial charge is 0.284 e. The summed E-state index contributed by atoms with van der Waals surface area (Å²) in [6.07, 6.45) is 2.72. The Balaban J connectivity index is 1.84.